The highest BCUT2D eigenvalue weighted by atomic mass is 127. The zero-order valence-corrected chi connectivity index (χ0v) is 18.2. The summed E-state index contributed by atoms with van der Waals surface area (Å²) in [6, 6.07) is 7.10. The molecule has 0 aliphatic carbocycles. The minimum Gasteiger partial charge on any atom is -0.493 e. The maximum Gasteiger partial charge on any atom is 0.341 e. The monoisotopic (exact) mass is 489 g/mol. The number of nitrogens with zero attached hydrogens (tertiary/aromatic N) is 1. The molecule has 2 rings (SSSR count). The van der Waals surface area contributed by atoms with Crippen molar-refractivity contribution in [3.63, 3.8) is 0 Å². The average molecular weight is 489 g/mol. The molecular formula is C18H24IN3O5. The fourth-order valence-electron chi connectivity index (χ4n) is 2.34. The lowest BCUT2D eigenvalue weighted by atomic mass is 10.2. The first-order valence-electron chi connectivity index (χ1n) is 7.89. The summed E-state index contributed by atoms with van der Waals surface area (Å²) in [5, 5.41) is 6.27. The number of furan rings is 1. The summed E-state index contributed by atoms with van der Waals surface area (Å²) in [5.41, 5.74) is 1.19. The van der Waals surface area contributed by atoms with Crippen LogP contribution >= 0.6 is 24.0 Å². The van der Waals surface area contributed by atoms with Gasteiger partial charge in [0.05, 0.1) is 27.9 Å². The molecule has 0 unspecified atom stereocenters. The smallest absolute Gasteiger partial charge is 0.341 e. The highest BCUT2D eigenvalue weighted by molar-refractivity contribution is 14.0. The van der Waals surface area contributed by atoms with Crippen LogP contribution in [0.4, 0.5) is 5.69 Å². The summed E-state index contributed by atoms with van der Waals surface area (Å²) in [4.78, 5) is 15.8. The summed E-state index contributed by atoms with van der Waals surface area (Å²) in [7, 11) is 6.15. The second-order valence-corrected chi connectivity index (χ2v) is 5.29. The molecule has 0 radical (unpaired) electrons. The number of benzene rings is 1. The molecule has 0 amide bonds. The summed E-state index contributed by atoms with van der Waals surface area (Å²) in [6.07, 6.45) is 0. The van der Waals surface area contributed by atoms with Crippen molar-refractivity contribution >= 4 is 41.6 Å². The van der Waals surface area contributed by atoms with E-state index in [-0.39, 0.29) is 24.0 Å². The zero-order valence-electron chi connectivity index (χ0n) is 15.9. The number of halogens is 1. The molecule has 148 valence electrons. The van der Waals surface area contributed by atoms with E-state index >= 15 is 0 Å². The number of carbonyl (C=O) groups excluding carboxylic acids is 1. The van der Waals surface area contributed by atoms with E-state index in [1.54, 1.807) is 46.4 Å². The van der Waals surface area contributed by atoms with Crippen molar-refractivity contribution in [2.45, 2.75) is 13.5 Å². The van der Waals surface area contributed by atoms with Crippen molar-refractivity contribution in [3.8, 4) is 11.5 Å². The normalized spacial score (nSPS) is 10.6. The van der Waals surface area contributed by atoms with E-state index in [0.717, 1.165) is 5.69 Å². The predicted molar refractivity (Wildman–Crippen MR) is 114 cm³/mol. The molecule has 1 aromatic heterocycles. The number of carbonyl (C=O) groups is 1. The van der Waals surface area contributed by atoms with Gasteiger partial charge < -0.3 is 29.3 Å². The Bertz CT molecular complexity index is 804. The molecule has 0 fully saturated rings. The Morgan fingerprint density at radius 2 is 1.85 bits per heavy atom. The van der Waals surface area contributed by atoms with E-state index in [1.165, 1.54) is 7.11 Å². The van der Waals surface area contributed by atoms with Gasteiger partial charge in [0.2, 0.25) is 0 Å². The van der Waals surface area contributed by atoms with Gasteiger partial charge in [-0.3, -0.25) is 4.99 Å². The van der Waals surface area contributed by atoms with Crippen LogP contribution < -0.4 is 20.1 Å². The second-order valence-electron chi connectivity index (χ2n) is 5.29. The van der Waals surface area contributed by atoms with Gasteiger partial charge in [-0.05, 0) is 25.1 Å². The third-order valence-corrected chi connectivity index (χ3v) is 3.67. The fourth-order valence-corrected chi connectivity index (χ4v) is 2.34. The van der Waals surface area contributed by atoms with Crippen LogP contribution in [0.5, 0.6) is 11.5 Å². The van der Waals surface area contributed by atoms with Gasteiger partial charge in [0.15, 0.2) is 17.5 Å². The quantitative estimate of drug-likeness (QED) is 0.279. The molecule has 9 heteroatoms. The number of aliphatic imine (C=N–C) groups is 1. The highest BCUT2D eigenvalue weighted by Crippen LogP contribution is 2.29. The largest absolute Gasteiger partial charge is 0.493 e. The lowest BCUT2D eigenvalue weighted by Crippen LogP contribution is -2.30. The third-order valence-electron chi connectivity index (χ3n) is 3.67. The fraction of sp³-hybridized carbons (Fsp3) is 0.333. The van der Waals surface area contributed by atoms with Crippen LogP contribution in [0.3, 0.4) is 0 Å². The summed E-state index contributed by atoms with van der Waals surface area (Å²) >= 11 is 0. The van der Waals surface area contributed by atoms with Crippen molar-refractivity contribution in [2.75, 3.05) is 33.7 Å². The van der Waals surface area contributed by atoms with Crippen molar-refractivity contribution in [1.82, 2.24) is 5.32 Å². The lowest BCUT2D eigenvalue weighted by molar-refractivity contribution is 0.0599. The van der Waals surface area contributed by atoms with Crippen LogP contribution in [0.15, 0.2) is 33.7 Å². The molecule has 2 aromatic rings. The molecule has 2 N–H and O–H groups in total. The lowest BCUT2D eigenvalue weighted by Gasteiger charge is -2.13. The molecule has 8 nitrogen and oxygen atoms in total. The minimum atomic E-state index is -0.426. The average Bonchev–Trinajstić information content (AvgIpc) is 3.04. The van der Waals surface area contributed by atoms with Gasteiger partial charge in [0.25, 0.3) is 0 Å². The third kappa shape index (κ3) is 5.78. The first kappa shape index (κ1) is 22.6. The number of aryl methyl sites for hydroxylation is 1. The van der Waals surface area contributed by atoms with Crippen LogP contribution in [-0.4, -0.2) is 40.3 Å². The number of guanidine groups is 1. The summed E-state index contributed by atoms with van der Waals surface area (Å²) in [5.74, 6) is 2.46. The summed E-state index contributed by atoms with van der Waals surface area (Å²) in [6.45, 7) is 2.07. The molecule has 0 bridgehead atoms. The molecule has 1 aromatic carbocycles. The molecule has 0 atom stereocenters. The van der Waals surface area contributed by atoms with Gasteiger partial charge in [-0.25, -0.2) is 4.79 Å². The Morgan fingerprint density at radius 1 is 1.15 bits per heavy atom. The van der Waals surface area contributed by atoms with Crippen LogP contribution in [0, 0.1) is 6.92 Å². The van der Waals surface area contributed by atoms with Crippen molar-refractivity contribution in [1.29, 1.82) is 0 Å². The molecule has 0 aliphatic heterocycles. The van der Waals surface area contributed by atoms with E-state index in [4.69, 9.17) is 18.6 Å². The molecule has 27 heavy (non-hydrogen) atoms. The standard InChI is InChI=1S/C18H23N3O5.HI/c1-11-14(17(22)25-5)9-13(26-11)10-20-18(19-2)21-12-6-7-15(23-3)16(8-12)24-4;/h6-9H,10H2,1-5H3,(H2,19,20,21);1H. The number of methoxy groups -OCH3 is 3. The van der Waals surface area contributed by atoms with Gasteiger partial charge in [0, 0.05) is 18.8 Å². The van der Waals surface area contributed by atoms with Crippen LogP contribution in [0.1, 0.15) is 21.9 Å². The molecule has 1 heterocycles. The Kier molecular flexibility index (Phi) is 8.92. The van der Waals surface area contributed by atoms with Crippen molar-refractivity contribution < 1.29 is 23.4 Å². The topological polar surface area (TPSA) is 94.3 Å². The van der Waals surface area contributed by atoms with Gasteiger partial charge >= 0.3 is 5.97 Å². The second kappa shape index (κ2) is 10.7. The number of anilines is 1. The van der Waals surface area contributed by atoms with E-state index in [0.29, 0.717) is 41.1 Å². The number of nitrogens with one attached hydrogen (secondary N) is 2. The SMILES string of the molecule is CN=C(NCc1cc(C(=O)OC)c(C)o1)Nc1ccc(OC)c(OC)c1.I. The Morgan fingerprint density at radius 3 is 2.44 bits per heavy atom. The maximum absolute atomic E-state index is 11.6. The van der Waals surface area contributed by atoms with Crippen molar-refractivity contribution in [3.05, 3.63) is 41.3 Å². The van der Waals surface area contributed by atoms with Crippen LogP contribution in [0.25, 0.3) is 0 Å². The van der Waals surface area contributed by atoms with E-state index in [1.807, 2.05) is 6.07 Å². The van der Waals surface area contributed by atoms with Crippen LogP contribution in [0.2, 0.25) is 0 Å². The van der Waals surface area contributed by atoms with Crippen molar-refractivity contribution in [2.24, 2.45) is 4.99 Å². The molecule has 0 saturated carbocycles. The number of esters is 1. The predicted octanol–water partition coefficient (Wildman–Crippen LogP) is 3.20. The molecule has 0 spiro atoms. The van der Waals surface area contributed by atoms with E-state index in [2.05, 4.69) is 15.6 Å². The van der Waals surface area contributed by atoms with E-state index in [9.17, 15) is 4.79 Å². The van der Waals surface area contributed by atoms with Gasteiger partial charge in [-0.15, -0.1) is 24.0 Å². The van der Waals surface area contributed by atoms with Gasteiger partial charge in [-0.1, -0.05) is 0 Å². The highest BCUT2D eigenvalue weighted by Gasteiger charge is 2.15. The molecule has 0 aliphatic rings. The van der Waals surface area contributed by atoms with E-state index < -0.39 is 5.97 Å². The van der Waals surface area contributed by atoms with Crippen LogP contribution in [-0.2, 0) is 11.3 Å². The number of rotatable bonds is 6. The Balaban J connectivity index is 0.00000364. The Labute approximate surface area is 175 Å². The number of ether oxygens (including phenoxy) is 3. The first-order chi connectivity index (χ1) is 12.5. The number of hydrogen-bond donors (Lipinski definition) is 2. The number of hydrogen-bond acceptors (Lipinski definition) is 6. The van der Waals surface area contributed by atoms with Gasteiger partial charge in [-0.2, -0.15) is 0 Å². The van der Waals surface area contributed by atoms with Gasteiger partial charge in [0.1, 0.15) is 17.1 Å². The molecular weight excluding hydrogens is 465 g/mol. The summed E-state index contributed by atoms with van der Waals surface area (Å²) < 4.78 is 20.8. The maximum atomic E-state index is 11.6. The molecule has 0 saturated heterocycles. The first-order valence-corrected chi connectivity index (χ1v) is 7.89. The Hall–Kier alpha value is -2.43. The minimum absolute atomic E-state index is 0. The zero-order chi connectivity index (χ0) is 19.1.